The van der Waals surface area contributed by atoms with Gasteiger partial charge in [-0.3, -0.25) is 15.0 Å². The van der Waals surface area contributed by atoms with Crippen molar-refractivity contribution >= 4 is 45.1 Å². The van der Waals surface area contributed by atoms with Gasteiger partial charge in [0.1, 0.15) is 17.4 Å². The number of amidine groups is 1. The van der Waals surface area contributed by atoms with E-state index in [0.29, 0.717) is 28.4 Å². The Morgan fingerprint density at radius 1 is 1.00 bits per heavy atom. The second kappa shape index (κ2) is 9.19. The lowest BCUT2D eigenvalue weighted by atomic mass is 10.1. The summed E-state index contributed by atoms with van der Waals surface area (Å²) in [5.74, 6) is -0.120. The van der Waals surface area contributed by atoms with Gasteiger partial charge in [0.2, 0.25) is 0 Å². The number of rotatable bonds is 6. The number of benzene rings is 2. The number of hydrogen-bond donors (Lipinski definition) is 4. The number of halogens is 1. The molecule has 5 N–H and O–H groups in total. The van der Waals surface area contributed by atoms with Gasteiger partial charge in [-0.15, -0.1) is 0 Å². The highest BCUT2D eigenvalue weighted by atomic mass is 79.9. The standard InChI is InChI=1S/C21H18BrN5O3/c1-30-15-7-8-17(26-20(28)13-4-2-12(3-5-13)19(23)24)16(10-15)21(29)27-18-9-6-14(22)11-25-18/h2-11H,1H3,(H3,23,24)(H,26,28)(H,25,27,29). The van der Waals surface area contributed by atoms with Crippen LogP contribution in [0.5, 0.6) is 5.75 Å². The maximum Gasteiger partial charge on any atom is 0.259 e. The fraction of sp³-hybridized carbons (Fsp3) is 0.0476. The highest BCUT2D eigenvalue weighted by molar-refractivity contribution is 9.10. The van der Waals surface area contributed by atoms with Gasteiger partial charge in [-0.25, -0.2) is 4.98 Å². The number of ether oxygens (including phenoxy) is 1. The summed E-state index contributed by atoms with van der Waals surface area (Å²) >= 11 is 3.29. The van der Waals surface area contributed by atoms with E-state index in [-0.39, 0.29) is 11.4 Å². The molecule has 0 fully saturated rings. The lowest BCUT2D eigenvalue weighted by molar-refractivity contribution is 0.102. The van der Waals surface area contributed by atoms with Crippen molar-refractivity contribution in [2.45, 2.75) is 0 Å². The molecule has 3 aromatic rings. The van der Waals surface area contributed by atoms with Crippen molar-refractivity contribution in [1.29, 1.82) is 5.41 Å². The van der Waals surface area contributed by atoms with Gasteiger partial charge in [-0.05, 0) is 58.4 Å². The van der Waals surface area contributed by atoms with E-state index in [0.717, 1.165) is 4.47 Å². The maximum atomic E-state index is 12.8. The molecular weight excluding hydrogens is 450 g/mol. The molecule has 0 spiro atoms. The number of carbonyl (C=O) groups excluding carboxylic acids is 2. The number of hydrogen-bond acceptors (Lipinski definition) is 5. The summed E-state index contributed by atoms with van der Waals surface area (Å²) in [6, 6.07) is 14.4. The molecule has 2 aromatic carbocycles. The average Bonchev–Trinajstić information content (AvgIpc) is 2.75. The van der Waals surface area contributed by atoms with E-state index in [2.05, 4.69) is 31.5 Å². The minimum Gasteiger partial charge on any atom is -0.497 e. The Morgan fingerprint density at radius 2 is 1.70 bits per heavy atom. The summed E-state index contributed by atoms with van der Waals surface area (Å²) in [5.41, 5.74) is 6.83. The van der Waals surface area contributed by atoms with Crippen molar-refractivity contribution in [3.63, 3.8) is 0 Å². The molecule has 2 amide bonds. The van der Waals surface area contributed by atoms with Gasteiger partial charge < -0.3 is 21.1 Å². The molecule has 0 saturated heterocycles. The molecule has 3 rings (SSSR count). The van der Waals surface area contributed by atoms with Gasteiger partial charge in [0.25, 0.3) is 11.8 Å². The molecule has 9 heteroatoms. The Hall–Kier alpha value is -3.72. The van der Waals surface area contributed by atoms with Crippen LogP contribution in [0.2, 0.25) is 0 Å². The number of nitrogens with zero attached hydrogens (tertiary/aromatic N) is 1. The third kappa shape index (κ3) is 5.00. The van der Waals surface area contributed by atoms with Crippen LogP contribution in [0.25, 0.3) is 0 Å². The lowest BCUT2D eigenvalue weighted by Crippen LogP contribution is -2.19. The molecule has 1 heterocycles. The number of aromatic nitrogens is 1. The third-order valence-electron chi connectivity index (χ3n) is 4.15. The van der Waals surface area contributed by atoms with Crippen LogP contribution in [0.15, 0.2) is 65.3 Å². The second-order valence-electron chi connectivity index (χ2n) is 6.17. The molecule has 0 aliphatic rings. The fourth-order valence-corrected chi connectivity index (χ4v) is 2.81. The van der Waals surface area contributed by atoms with Gasteiger partial charge in [0.15, 0.2) is 0 Å². The highest BCUT2D eigenvalue weighted by Gasteiger charge is 2.17. The predicted octanol–water partition coefficient (Wildman–Crippen LogP) is 3.64. The van der Waals surface area contributed by atoms with Crippen molar-refractivity contribution < 1.29 is 14.3 Å². The summed E-state index contributed by atoms with van der Waals surface area (Å²) < 4.78 is 5.99. The third-order valence-corrected chi connectivity index (χ3v) is 4.62. The Bertz CT molecular complexity index is 1100. The minimum atomic E-state index is -0.453. The Labute approximate surface area is 181 Å². The first-order chi connectivity index (χ1) is 14.4. The molecule has 30 heavy (non-hydrogen) atoms. The van der Waals surface area contributed by atoms with Crippen LogP contribution in [0.4, 0.5) is 11.5 Å². The molecule has 0 radical (unpaired) electrons. The molecule has 8 nitrogen and oxygen atoms in total. The van der Waals surface area contributed by atoms with Gasteiger partial charge in [-0.1, -0.05) is 12.1 Å². The summed E-state index contributed by atoms with van der Waals surface area (Å²) in [4.78, 5) is 29.6. The van der Waals surface area contributed by atoms with E-state index in [1.54, 1.807) is 54.7 Å². The summed E-state index contributed by atoms with van der Waals surface area (Å²) in [7, 11) is 1.49. The number of amides is 2. The first-order valence-electron chi connectivity index (χ1n) is 8.74. The number of nitrogen functional groups attached to an aromatic ring is 1. The SMILES string of the molecule is COc1ccc(NC(=O)c2ccc(C(=N)N)cc2)c(C(=O)Nc2ccc(Br)cn2)c1. The minimum absolute atomic E-state index is 0.0855. The predicted molar refractivity (Wildman–Crippen MR) is 118 cm³/mol. The first-order valence-corrected chi connectivity index (χ1v) is 9.53. The normalized spacial score (nSPS) is 10.2. The van der Waals surface area contributed by atoms with E-state index in [1.165, 1.54) is 13.2 Å². The molecule has 0 aliphatic heterocycles. The monoisotopic (exact) mass is 467 g/mol. The molecule has 0 aliphatic carbocycles. The largest absolute Gasteiger partial charge is 0.497 e. The van der Waals surface area contributed by atoms with Crippen LogP contribution in [0.3, 0.4) is 0 Å². The van der Waals surface area contributed by atoms with Crippen LogP contribution < -0.4 is 21.1 Å². The number of pyridine rings is 1. The number of anilines is 2. The average molecular weight is 468 g/mol. The molecule has 152 valence electrons. The molecule has 0 atom stereocenters. The van der Waals surface area contributed by atoms with Crippen molar-refractivity contribution in [1.82, 2.24) is 4.98 Å². The van der Waals surface area contributed by atoms with Crippen molar-refractivity contribution in [2.24, 2.45) is 5.73 Å². The van der Waals surface area contributed by atoms with Crippen LogP contribution >= 0.6 is 15.9 Å². The van der Waals surface area contributed by atoms with Crippen LogP contribution in [0.1, 0.15) is 26.3 Å². The van der Waals surface area contributed by atoms with E-state index in [1.807, 2.05) is 0 Å². The zero-order valence-corrected chi connectivity index (χ0v) is 17.5. The summed E-state index contributed by atoms with van der Waals surface area (Å²) in [5, 5.41) is 12.9. The van der Waals surface area contributed by atoms with E-state index < -0.39 is 11.8 Å². The topological polar surface area (TPSA) is 130 Å². The number of nitrogens with two attached hydrogens (primary N) is 1. The van der Waals surface area contributed by atoms with E-state index >= 15 is 0 Å². The van der Waals surface area contributed by atoms with Crippen molar-refractivity contribution in [3.8, 4) is 5.75 Å². The maximum absolute atomic E-state index is 12.8. The Balaban J connectivity index is 1.85. The van der Waals surface area contributed by atoms with Crippen LogP contribution in [0, 0.1) is 5.41 Å². The number of nitrogens with one attached hydrogen (secondary N) is 3. The summed E-state index contributed by atoms with van der Waals surface area (Å²) in [6.45, 7) is 0. The number of carbonyl (C=O) groups is 2. The Kier molecular flexibility index (Phi) is 6.43. The molecule has 1 aromatic heterocycles. The first kappa shape index (κ1) is 21.0. The molecular formula is C21H18BrN5O3. The van der Waals surface area contributed by atoms with Crippen molar-refractivity contribution in [2.75, 3.05) is 17.7 Å². The van der Waals surface area contributed by atoms with E-state index in [9.17, 15) is 9.59 Å². The zero-order valence-electron chi connectivity index (χ0n) is 15.9. The molecule has 0 bridgehead atoms. The van der Waals surface area contributed by atoms with Gasteiger partial charge in [0, 0.05) is 21.8 Å². The molecule has 0 saturated carbocycles. The van der Waals surface area contributed by atoms with Crippen molar-refractivity contribution in [3.05, 3.63) is 82.0 Å². The van der Waals surface area contributed by atoms with Crippen LogP contribution in [-0.2, 0) is 0 Å². The zero-order chi connectivity index (χ0) is 21.7. The second-order valence-corrected chi connectivity index (χ2v) is 7.09. The fourth-order valence-electron chi connectivity index (χ4n) is 2.58. The van der Waals surface area contributed by atoms with E-state index in [4.69, 9.17) is 15.9 Å². The highest BCUT2D eigenvalue weighted by Crippen LogP contribution is 2.24. The van der Waals surface area contributed by atoms with Gasteiger partial charge in [0.05, 0.1) is 18.4 Å². The van der Waals surface area contributed by atoms with Gasteiger partial charge in [-0.2, -0.15) is 0 Å². The summed E-state index contributed by atoms with van der Waals surface area (Å²) in [6.07, 6.45) is 1.56. The van der Waals surface area contributed by atoms with Crippen LogP contribution in [-0.4, -0.2) is 29.7 Å². The quantitative estimate of drug-likeness (QED) is 0.324. The Morgan fingerprint density at radius 3 is 2.30 bits per heavy atom. The van der Waals surface area contributed by atoms with Gasteiger partial charge >= 0.3 is 0 Å². The number of methoxy groups -OCH3 is 1. The lowest BCUT2D eigenvalue weighted by Gasteiger charge is -2.13. The smallest absolute Gasteiger partial charge is 0.259 e. The molecule has 0 unspecified atom stereocenters.